The quantitative estimate of drug-likeness (QED) is 0.471. The highest BCUT2D eigenvalue weighted by Gasteiger charge is 2.08. The molecular weight excluding hydrogens is 218 g/mol. The minimum Gasteiger partial charge on any atom is -0.450 e. The van der Waals surface area contributed by atoms with E-state index in [1.54, 1.807) is 19.2 Å². The van der Waals surface area contributed by atoms with E-state index < -0.39 is 6.09 Å². The molecule has 1 aromatic heterocycles. The van der Waals surface area contributed by atoms with E-state index in [9.17, 15) is 4.79 Å². The topological polar surface area (TPSA) is 83.8 Å². The van der Waals surface area contributed by atoms with E-state index in [0.717, 1.165) is 0 Å². The van der Waals surface area contributed by atoms with Gasteiger partial charge in [0.25, 0.3) is 0 Å². The molecule has 0 atom stereocenters. The Kier molecular flexibility index (Phi) is 4.04. The van der Waals surface area contributed by atoms with E-state index in [0.29, 0.717) is 23.1 Å². The molecule has 1 aromatic rings. The summed E-state index contributed by atoms with van der Waals surface area (Å²) in [4.78, 5) is 15.0. The van der Waals surface area contributed by atoms with E-state index >= 15 is 0 Å². The fourth-order valence-corrected chi connectivity index (χ4v) is 1.54. The molecule has 0 unspecified atom stereocenters. The van der Waals surface area contributed by atoms with Crippen LogP contribution in [-0.4, -0.2) is 28.6 Å². The van der Waals surface area contributed by atoms with Crippen LogP contribution < -0.4 is 5.32 Å². The number of carbonyl (C=O) groups is 1. The molecular formula is C8H11N3O3S. The zero-order valence-corrected chi connectivity index (χ0v) is 9.17. The van der Waals surface area contributed by atoms with E-state index in [2.05, 4.69) is 20.2 Å². The van der Waals surface area contributed by atoms with Crippen LogP contribution in [0.1, 0.15) is 19.5 Å². The molecule has 0 aliphatic heterocycles. The summed E-state index contributed by atoms with van der Waals surface area (Å²) in [7, 11) is 0. The molecule has 1 amide bonds. The van der Waals surface area contributed by atoms with Crippen LogP contribution in [0.15, 0.2) is 10.5 Å². The number of nitrogens with one attached hydrogen (secondary N) is 1. The van der Waals surface area contributed by atoms with Gasteiger partial charge in [-0.1, -0.05) is 5.16 Å². The molecule has 0 aliphatic carbocycles. The zero-order valence-electron chi connectivity index (χ0n) is 8.35. The lowest BCUT2D eigenvalue weighted by Gasteiger charge is -2.00. The molecule has 0 radical (unpaired) electrons. The molecule has 0 aliphatic rings. The summed E-state index contributed by atoms with van der Waals surface area (Å²) in [5.74, 6) is 0. The molecule has 0 saturated heterocycles. The summed E-state index contributed by atoms with van der Waals surface area (Å²) in [5, 5.41) is 16.0. The van der Waals surface area contributed by atoms with Crippen molar-refractivity contribution < 1.29 is 14.7 Å². The molecule has 0 bridgehead atoms. The molecule has 0 fully saturated rings. The highest BCUT2D eigenvalue weighted by atomic mass is 32.1. The van der Waals surface area contributed by atoms with E-state index in [1.807, 2.05) is 0 Å². The standard InChI is InChI=1S/C8H11N3O3S/c1-3-14-8(12)10-7-9-6(4-15-7)5(2)11-13/h4,13H,3H2,1-2H3,(H,9,10,12). The molecule has 1 rings (SSSR count). The van der Waals surface area contributed by atoms with Crippen LogP contribution >= 0.6 is 11.3 Å². The van der Waals surface area contributed by atoms with Crippen LogP contribution in [0.3, 0.4) is 0 Å². The number of aromatic nitrogens is 1. The number of nitrogens with zero attached hydrogens (tertiary/aromatic N) is 2. The first-order valence-corrected chi connectivity index (χ1v) is 5.13. The molecule has 0 aromatic carbocycles. The molecule has 82 valence electrons. The predicted molar refractivity (Wildman–Crippen MR) is 56.8 cm³/mol. The average Bonchev–Trinajstić information content (AvgIpc) is 2.65. The van der Waals surface area contributed by atoms with Crippen molar-refractivity contribution in [3.05, 3.63) is 11.1 Å². The summed E-state index contributed by atoms with van der Waals surface area (Å²) in [6.45, 7) is 3.64. The lowest BCUT2D eigenvalue weighted by molar-refractivity contribution is 0.168. The van der Waals surface area contributed by atoms with Crippen molar-refractivity contribution in [3.8, 4) is 0 Å². The van der Waals surface area contributed by atoms with Crippen LogP contribution in [0.4, 0.5) is 9.93 Å². The highest BCUT2D eigenvalue weighted by molar-refractivity contribution is 7.14. The lowest BCUT2D eigenvalue weighted by atomic mass is 10.3. The first kappa shape index (κ1) is 11.4. The maximum absolute atomic E-state index is 11.0. The van der Waals surface area contributed by atoms with Gasteiger partial charge in [0.2, 0.25) is 0 Å². The zero-order chi connectivity index (χ0) is 11.3. The number of amides is 1. The molecule has 7 heteroatoms. The van der Waals surface area contributed by atoms with Gasteiger partial charge < -0.3 is 9.94 Å². The first-order chi connectivity index (χ1) is 7.17. The summed E-state index contributed by atoms with van der Waals surface area (Å²) in [5.41, 5.74) is 0.914. The van der Waals surface area contributed by atoms with Gasteiger partial charge in [-0.15, -0.1) is 11.3 Å². The fraction of sp³-hybridized carbons (Fsp3) is 0.375. The van der Waals surface area contributed by atoms with Crippen molar-refractivity contribution in [2.75, 3.05) is 11.9 Å². The highest BCUT2D eigenvalue weighted by Crippen LogP contribution is 2.16. The van der Waals surface area contributed by atoms with Crippen LogP contribution in [0.5, 0.6) is 0 Å². The second kappa shape index (κ2) is 5.30. The lowest BCUT2D eigenvalue weighted by Crippen LogP contribution is -2.13. The Bertz CT molecular complexity index is 375. The smallest absolute Gasteiger partial charge is 0.413 e. The Hall–Kier alpha value is -1.63. The Morgan fingerprint density at radius 3 is 3.13 bits per heavy atom. The van der Waals surface area contributed by atoms with Gasteiger partial charge >= 0.3 is 6.09 Å². The number of hydrogen-bond donors (Lipinski definition) is 2. The van der Waals surface area contributed by atoms with Gasteiger partial charge in [-0.05, 0) is 13.8 Å². The van der Waals surface area contributed by atoms with Crippen molar-refractivity contribution in [3.63, 3.8) is 0 Å². The second-order valence-corrected chi connectivity index (χ2v) is 3.43. The first-order valence-electron chi connectivity index (χ1n) is 4.25. The van der Waals surface area contributed by atoms with Crippen LogP contribution in [0, 0.1) is 0 Å². The number of anilines is 1. The SMILES string of the molecule is CCOC(=O)Nc1nc(C(C)=NO)cs1. The van der Waals surface area contributed by atoms with Gasteiger partial charge in [-0.25, -0.2) is 9.78 Å². The van der Waals surface area contributed by atoms with Crippen LogP contribution in [-0.2, 0) is 4.74 Å². The number of hydrogen-bond acceptors (Lipinski definition) is 6. The van der Waals surface area contributed by atoms with Gasteiger partial charge in [0, 0.05) is 5.38 Å². The van der Waals surface area contributed by atoms with Crippen LogP contribution in [0.25, 0.3) is 0 Å². The molecule has 6 nitrogen and oxygen atoms in total. The maximum atomic E-state index is 11.0. The van der Waals surface area contributed by atoms with Crippen molar-refractivity contribution in [2.45, 2.75) is 13.8 Å². The third kappa shape index (κ3) is 3.21. The number of rotatable bonds is 3. The molecule has 0 saturated carbocycles. The maximum Gasteiger partial charge on any atom is 0.413 e. The molecule has 0 spiro atoms. The number of thiazole rings is 1. The van der Waals surface area contributed by atoms with E-state index in [-0.39, 0.29) is 0 Å². The monoisotopic (exact) mass is 229 g/mol. The third-order valence-electron chi connectivity index (χ3n) is 1.51. The minimum atomic E-state index is -0.544. The van der Waals surface area contributed by atoms with Crippen molar-refractivity contribution >= 4 is 28.3 Å². The Morgan fingerprint density at radius 2 is 2.53 bits per heavy atom. The summed E-state index contributed by atoms with van der Waals surface area (Å²) in [6.07, 6.45) is -0.544. The van der Waals surface area contributed by atoms with Gasteiger partial charge in [0.05, 0.1) is 6.61 Å². The largest absolute Gasteiger partial charge is 0.450 e. The van der Waals surface area contributed by atoms with Crippen molar-refractivity contribution in [1.82, 2.24) is 4.98 Å². The van der Waals surface area contributed by atoms with E-state index in [1.165, 1.54) is 11.3 Å². The molecule has 2 N–H and O–H groups in total. The second-order valence-electron chi connectivity index (χ2n) is 2.57. The Morgan fingerprint density at radius 1 is 1.80 bits per heavy atom. The normalized spacial score (nSPS) is 11.2. The molecule has 1 heterocycles. The number of oxime groups is 1. The molecule has 15 heavy (non-hydrogen) atoms. The van der Waals surface area contributed by atoms with Crippen molar-refractivity contribution in [2.24, 2.45) is 5.16 Å². The van der Waals surface area contributed by atoms with Crippen molar-refractivity contribution in [1.29, 1.82) is 0 Å². The van der Waals surface area contributed by atoms with Gasteiger partial charge in [0.15, 0.2) is 5.13 Å². The minimum absolute atomic E-state index is 0.307. The number of carbonyl (C=O) groups excluding carboxylic acids is 1. The Balaban J connectivity index is 2.64. The fourth-order valence-electron chi connectivity index (χ4n) is 0.803. The summed E-state index contributed by atoms with van der Waals surface area (Å²) in [6, 6.07) is 0. The van der Waals surface area contributed by atoms with Crippen LogP contribution in [0.2, 0.25) is 0 Å². The van der Waals surface area contributed by atoms with E-state index in [4.69, 9.17) is 5.21 Å². The number of ether oxygens (including phenoxy) is 1. The van der Waals surface area contributed by atoms with Gasteiger partial charge in [-0.2, -0.15) is 0 Å². The Labute approximate surface area is 90.6 Å². The third-order valence-corrected chi connectivity index (χ3v) is 2.27. The summed E-state index contributed by atoms with van der Waals surface area (Å²) >= 11 is 1.23. The van der Waals surface area contributed by atoms with Gasteiger partial charge in [0.1, 0.15) is 11.4 Å². The summed E-state index contributed by atoms with van der Waals surface area (Å²) < 4.78 is 4.68. The predicted octanol–water partition coefficient (Wildman–Crippen LogP) is 1.91. The average molecular weight is 229 g/mol. The van der Waals surface area contributed by atoms with Gasteiger partial charge in [-0.3, -0.25) is 5.32 Å².